The van der Waals surface area contributed by atoms with E-state index in [1.54, 1.807) is 7.11 Å². The van der Waals surface area contributed by atoms with Crippen molar-refractivity contribution in [1.29, 1.82) is 0 Å². The Kier molecular flexibility index (Phi) is 4.02. The molecular formula is C24H20N2O2. The van der Waals surface area contributed by atoms with E-state index >= 15 is 0 Å². The Labute approximate surface area is 162 Å². The molecule has 5 aromatic rings. The van der Waals surface area contributed by atoms with Crippen LogP contribution in [0.15, 0.2) is 79.0 Å². The molecule has 2 N–H and O–H groups in total. The highest BCUT2D eigenvalue weighted by Crippen LogP contribution is 2.40. The largest absolute Gasteiger partial charge is 0.497 e. The van der Waals surface area contributed by atoms with E-state index < -0.39 is 0 Å². The number of rotatable bonds is 1. The lowest BCUT2D eigenvalue weighted by atomic mass is 10.0. The Bertz CT molecular complexity index is 1240. The van der Waals surface area contributed by atoms with Gasteiger partial charge in [-0.05, 0) is 47.9 Å². The van der Waals surface area contributed by atoms with Crippen LogP contribution in [0, 0.1) is 0 Å². The molecule has 2 aromatic heterocycles. The maximum absolute atomic E-state index is 5.83. The third-order valence-electron chi connectivity index (χ3n) is 5.10. The van der Waals surface area contributed by atoms with Gasteiger partial charge in [0.05, 0.1) is 12.8 Å². The first-order valence-corrected chi connectivity index (χ1v) is 9.26. The van der Waals surface area contributed by atoms with Crippen LogP contribution in [0.5, 0.6) is 11.5 Å². The maximum Gasteiger partial charge on any atom is 0.129 e. The molecule has 0 radical (unpaired) electrons. The molecule has 0 bridgehead atoms. The van der Waals surface area contributed by atoms with Gasteiger partial charge in [-0.25, -0.2) is 0 Å². The van der Waals surface area contributed by atoms with Crippen LogP contribution in [0.1, 0.15) is 5.56 Å². The lowest BCUT2D eigenvalue weighted by Crippen LogP contribution is -2.03. The second kappa shape index (κ2) is 6.82. The maximum atomic E-state index is 5.83. The van der Waals surface area contributed by atoms with Crippen molar-refractivity contribution in [3.63, 3.8) is 0 Å². The standard InChI is InChI=1S/C16H13NO2.C8H7N/c1-18-10-6-7-14-12(8-10)13-9-19-15-5-3-2-4-11(15)16(13)17-14;1-2-4-8-7(3-1)5-6-9-8/h2-8,17H,9H2,1H3;1-6,9H. The summed E-state index contributed by atoms with van der Waals surface area (Å²) in [6.07, 6.45) is 1.95. The van der Waals surface area contributed by atoms with Gasteiger partial charge in [0.2, 0.25) is 0 Å². The highest BCUT2D eigenvalue weighted by atomic mass is 16.5. The summed E-state index contributed by atoms with van der Waals surface area (Å²) in [6.45, 7) is 0.597. The number of hydrogen-bond acceptors (Lipinski definition) is 2. The number of ether oxygens (including phenoxy) is 2. The van der Waals surface area contributed by atoms with Crippen molar-refractivity contribution >= 4 is 21.8 Å². The van der Waals surface area contributed by atoms with Gasteiger partial charge in [-0.15, -0.1) is 0 Å². The van der Waals surface area contributed by atoms with E-state index in [4.69, 9.17) is 9.47 Å². The summed E-state index contributed by atoms with van der Waals surface area (Å²) in [6, 6.07) is 24.5. The molecule has 0 spiro atoms. The smallest absolute Gasteiger partial charge is 0.129 e. The first-order chi connectivity index (χ1) is 13.8. The van der Waals surface area contributed by atoms with E-state index in [-0.39, 0.29) is 0 Å². The lowest BCUT2D eigenvalue weighted by Gasteiger charge is -2.17. The number of H-pyrrole nitrogens is 2. The van der Waals surface area contributed by atoms with E-state index in [1.807, 2.05) is 42.6 Å². The van der Waals surface area contributed by atoms with Gasteiger partial charge in [-0.3, -0.25) is 0 Å². The predicted molar refractivity (Wildman–Crippen MR) is 113 cm³/mol. The Balaban J connectivity index is 0.000000158. The number of para-hydroxylation sites is 2. The molecule has 3 heterocycles. The third-order valence-corrected chi connectivity index (χ3v) is 5.10. The van der Waals surface area contributed by atoms with Crippen LogP contribution >= 0.6 is 0 Å². The zero-order valence-corrected chi connectivity index (χ0v) is 15.5. The summed E-state index contributed by atoms with van der Waals surface area (Å²) < 4.78 is 11.1. The summed E-state index contributed by atoms with van der Waals surface area (Å²) in [5.41, 5.74) is 5.81. The zero-order valence-electron chi connectivity index (χ0n) is 15.5. The van der Waals surface area contributed by atoms with Crippen LogP contribution in [-0.4, -0.2) is 17.1 Å². The highest BCUT2D eigenvalue weighted by Gasteiger charge is 2.21. The fourth-order valence-corrected chi connectivity index (χ4v) is 3.68. The first-order valence-electron chi connectivity index (χ1n) is 9.26. The molecule has 6 rings (SSSR count). The molecule has 3 aromatic carbocycles. The highest BCUT2D eigenvalue weighted by molar-refractivity contribution is 5.93. The number of nitrogens with one attached hydrogen (secondary N) is 2. The van der Waals surface area contributed by atoms with Crippen molar-refractivity contribution in [2.45, 2.75) is 6.61 Å². The Morgan fingerprint density at radius 3 is 2.64 bits per heavy atom. The molecule has 1 aliphatic heterocycles. The molecule has 0 unspecified atom stereocenters. The Hall–Kier alpha value is -3.66. The SMILES string of the molecule is COc1ccc2[nH]c3c(c2c1)COc1ccccc1-3.c1ccc2[nH]ccc2c1. The van der Waals surface area contributed by atoms with E-state index in [0.29, 0.717) is 6.61 Å². The zero-order chi connectivity index (χ0) is 18.9. The number of methoxy groups -OCH3 is 1. The molecule has 28 heavy (non-hydrogen) atoms. The fraction of sp³-hybridized carbons (Fsp3) is 0.0833. The minimum atomic E-state index is 0.597. The normalized spacial score (nSPS) is 11.9. The van der Waals surface area contributed by atoms with Crippen molar-refractivity contribution in [3.05, 3.63) is 84.6 Å². The second-order valence-electron chi connectivity index (χ2n) is 6.74. The van der Waals surface area contributed by atoms with Crippen molar-refractivity contribution in [1.82, 2.24) is 9.97 Å². The van der Waals surface area contributed by atoms with Crippen LogP contribution in [0.3, 0.4) is 0 Å². The summed E-state index contributed by atoms with van der Waals surface area (Å²) in [4.78, 5) is 6.61. The first kappa shape index (κ1) is 16.5. The van der Waals surface area contributed by atoms with Gasteiger partial charge in [-0.2, -0.15) is 0 Å². The molecule has 4 nitrogen and oxygen atoms in total. The fourth-order valence-electron chi connectivity index (χ4n) is 3.68. The molecule has 0 aliphatic carbocycles. The van der Waals surface area contributed by atoms with E-state index in [9.17, 15) is 0 Å². The molecule has 0 saturated heterocycles. The van der Waals surface area contributed by atoms with Gasteiger partial charge in [0.1, 0.15) is 18.1 Å². The van der Waals surface area contributed by atoms with Crippen molar-refractivity contribution in [3.8, 4) is 22.8 Å². The monoisotopic (exact) mass is 368 g/mol. The van der Waals surface area contributed by atoms with Crippen LogP contribution in [0.2, 0.25) is 0 Å². The van der Waals surface area contributed by atoms with Gasteiger partial charge in [0.15, 0.2) is 0 Å². The van der Waals surface area contributed by atoms with Crippen molar-refractivity contribution < 1.29 is 9.47 Å². The topological polar surface area (TPSA) is 50.0 Å². The Morgan fingerprint density at radius 1 is 0.893 bits per heavy atom. The van der Waals surface area contributed by atoms with Gasteiger partial charge < -0.3 is 19.4 Å². The summed E-state index contributed by atoms with van der Waals surface area (Å²) in [7, 11) is 1.69. The summed E-state index contributed by atoms with van der Waals surface area (Å²) in [5, 5.41) is 2.45. The van der Waals surface area contributed by atoms with Crippen LogP contribution in [0.4, 0.5) is 0 Å². The average Bonchev–Trinajstić information content (AvgIpc) is 3.38. The number of aromatic amines is 2. The average molecular weight is 368 g/mol. The summed E-state index contributed by atoms with van der Waals surface area (Å²) >= 11 is 0. The van der Waals surface area contributed by atoms with Gasteiger partial charge in [0.25, 0.3) is 0 Å². The van der Waals surface area contributed by atoms with Crippen LogP contribution in [0.25, 0.3) is 33.1 Å². The van der Waals surface area contributed by atoms with Crippen LogP contribution in [-0.2, 0) is 6.61 Å². The molecule has 138 valence electrons. The number of benzene rings is 3. The molecule has 0 fully saturated rings. The summed E-state index contributed by atoms with van der Waals surface area (Å²) in [5.74, 6) is 1.81. The molecule has 0 saturated carbocycles. The molecular weight excluding hydrogens is 348 g/mol. The van der Waals surface area contributed by atoms with E-state index in [0.717, 1.165) is 28.3 Å². The van der Waals surface area contributed by atoms with Gasteiger partial charge in [0, 0.05) is 33.7 Å². The molecule has 1 aliphatic rings. The molecule has 0 amide bonds. The Morgan fingerprint density at radius 2 is 1.75 bits per heavy atom. The van der Waals surface area contributed by atoms with E-state index in [2.05, 4.69) is 46.4 Å². The molecule has 0 atom stereocenters. The number of fused-ring (bicyclic) bond motifs is 6. The number of aromatic nitrogens is 2. The van der Waals surface area contributed by atoms with Crippen molar-refractivity contribution in [2.24, 2.45) is 0 Å². The second-order valence-corrected chi connectivity index (χ2v) is 6.74. The van der Waals surface area contributed by atoms with Crippen molar-refractivity contribution in [2.75, 3.05) is 7.11 Å². The predicted octanol–water partition coefficient (Wildman–Crippen LogP) is 5.90. The minimum absolute atomic E-state index is 0.597. The van der Waals surface area contributed by atoms with E-state index in [1.165, 1.54) is 21.9 Å². The number of hydrogen-bond donors (Lipinski definition) is 2. The van der Waals surface area contributed by atoms with Crippen LogP contribution < -0.4 is 9.47 Å². The minimum Gasteiger partial charge on any atom is -0.497 e. The lowest BCUT2D eigenvalue weighted by molar-refractivity contribution is 0.303. The van der Waals surface area contributed by atoms with Gasteiger partial charge in [-0.1, -0.05) is 30.3 Å². The third kappa shape index (κ3) is 2.79. The quantitative estimate of drug-likeness (QED) is 0.387. The van der Waals surface area contributed by atoms with Gasteiger partial charge >= 0.3 is 0 Å². The molecule has 4 heteroatoms.